The third kappa shape index (κ3) is 7.89. The average molecular weight is 283 g/mol. The fraction of sp³-hybridized carbons (Fsp3) is 0.786. The summed E-state index contributed by atoms with van der Waals surface area (Å²) in [6, 6.07) is 0. The van der Waals surface area contributed by atoms with Crippen molar-refractivity contribution in [2.75, 3.05) is 13.1 Å². The van der Waals surface area contributed by atoms with E-state index in [0.717, 1.165) is 31.7 Å². The lowest BCUT2D eigenvalue weighted by Gasteiger charge is -2.04. The summed E-state index contributed by atoms with van der Waals surface area (Å²) < 4.78 is 1.81. The number of carbonyl (C=O) groups excluding carboxylic acids is 1. The fourth-order valence-corrected chi connectivity index (χ4v) is 1.45. The number of rotatable bonds is 8. The lowest BCUT2D eigenvalue weighted by Crippen LogP contribution is -2.27. The minimum Gasteiger partial charge on any atom is -0.350 e. The van der Waals surface area contributed by atoms with Crippen molar-refractivity contribution in [1.82, 2.24) is 25.6 Å². The van der Waals surface area contributed by atoms with E-state index in [4.69, 9.17) is 0 Å². The van der Waals surface area contributed by atoms with Crippen molar-refractivity contribution in [1.29, 1.82) is 0 Å². The van der Waals surface area contributed by atoms with Crippen LogP contribution in [0.1, 0.15) is 46.7 Å². The maximum absolute atomic E-state index is 11.4. The third-order valence-electron chi connectivity index (χ3n) is 2.54. The van der Waals surface area contributed by atoms with Crippen LogP contribution in [0.5, 0.6) is 0 Å². The number of aryl methyl sites for hydroxylation is 1. The molecule has 0 saturated heterocycles. The quantitative estimate of drug-likeness (QED) is 0.711. The first-order chi connectivity index (χ1) is 9.63. The van der Waals surface area contributed by atoms with Gasteiger partial charge in [-0.15, -0.1) is 5.10 Å². The standard InChI is InChI=1S/C12H23N5O.C2H6/c1-4-13-6-5-7-17-9-11(15-16-17)8-14-12(18)10(2)3;1-2/h9-10,13H,4-8H2,1-3H3,(H,14,18);1-2H3. The van der Waals surface area contributed by atoms with Crippen molar-refractivity contribution in [3.05, 3.63) is 11.9 Å². The van der Waals surface area contributed by atoms with Crippen LogP contribution in [0.2, 0.25) is 0 Å². The highest BCUT2D eigenvalue weighted by Gasteiger charge is 2.07. The molecule has 1 rings (SSSR count). The first-order valence-electron chi connectivity index (χ1n) is 7.51. The van der Waals surface area contributed by atoms with Crippen molar-refractivity contribution in [2.45, 2.75) is 54.1 Å². The van der Waals surface area contributed by atoms with Gasteiger partial charge in [-0.25, -0.2) is 0 Å². The molecule has 0 aliphatic carbocycles. The van der Waals surface area contributed by atoms with Gasteiger partial charge in [-0.1, -0.05) is 39.8 Å². The van der Waals surface area contributed by atoms with Crippen LogP contribution in [0.15, 0.2) is 6.20 Å². The summed E-state index contributed by atoms with van der Waals surface area (Å²) in [5.41, 5.74) is 0.799. The molecule has 6 heteroatoms. The Bertz CT molecular complexity index is 362. The molecule has 0 saturated carbocycles. The molecule has 0 aliphatic rings. The van der Waals surface area contributed by atoms with Crippen LogP contribution in [-0.4, -0.2) is 34.0 Å². The summed E-state index contributed by atoms with van der Waals surface area (Å²) in [5.74, 6) is 0.0388. The van der Waals surface area contributed by atoms with Gasteiger partial charge in [0.15, 0.2) is 0 Å². The van der Waals surface area contributed by atoms with Gasteiger partial charge < -0.3 is 10.6 Å². The van der Waals surface area contributed by atoms with Gasteiger partial charge in [-0.05, 0) is 19.5 Å². The minimum absolute atomic E-state index is 0.000151. The molecule has 0 atom stereocenters. The molecular weight excluding hydrogens is 254 g/mol. The summed E-state index contributed by atoms with van der Waals surface area (Å²) in [6.07, 6.45) is 2.90. The fourth-order valence-electron chi connectivity index (χ4n) is 1.45. The first kappa shape index (κ1) is 18.6. The first-order valence-corrected chi connectivity index (χ1v) is 7.51. The predicted molar refractivity (Wildman–Crippen MR) is 81.2 cm³/mol. The highest BCUT2D eigenvalue weighted by atomic mass is 16.1. The van der Waals surface area contributed by atoms with Gasteiger partial charge in [0.25, 0.3) is 0 Å². The van der Waals surface area contributed by atoms with Crippen LogP contribution >= 0.6 is 0 Å². The van der Waals surface area contributed by atoms with E-state index >= 15 is 0 Å². The second-order valence-corrected chi connectivity index (χ2v) is 4.55. The average Bonchev–Trinajstić information content (AvgIpc) is 2.91. The molecule has 1 aromatic rings. The highest BCUT2D eigenvalue weighted by molar-refractivity contribution is 5.77. The number of nitrogens with one attached hydrogen (secondary N) is 2. The number of aromatic nitrogens is 3. The molecule has 0 unspecified atom stereocenters. The number of carbonyl (C=O) groups is 1. The Morgan fingerprint density at radius 3 is 2.70 bits per heavy atom. The number of hydrogen-bond donors (Lipinski definition) is 2. The summed E-state index contributed by atoms with van der Waals surface area (Å²) in [7, 11) is 0. The Balaban J connectivity index is 0.00000172. The van der Waals surface area contributed by atoms with Gasteiger partial charge in [0.1, 0.15) is 5.69 Å². The minimum atomic E-state index is 0.000151. The second kappa shape index (κ2) is 11.4. The Kier molecular flexibility index (Phi) is 10.6. The lowest BCUT2D eigenvalue weighted by molar-refractivity contribution is -0.124. The van der Waals surface area contributed by atoms with E-state index in [1.54, 1.807) is 0 Å². The Morgan fingerprint density at radius 1 is 1.40 bits per heavy atom. The normalized spacial score (nSPS) is 10.1. The molecule has 20 heavy (non-hydrogen) atoms. The van der Waals surface area contributed by atoms with Crippen LogP contribution in [-0.2, 0) is 17.9 Å². The van der Waals surface area contributed by atoms with Crippen molar-refractivity contribution in [3.8, 4) is 0 Å². The maximum Gasteiger partial charge on any atom is 0.222 e. The molecule has 0 fully saturated rings. The monoisotopic (exact) mass is 283 g/mol. The van der Waals surface area contributed by atoms with Gasteiger partial charge in [-0.3, -0.25) is 9.48 Å². The summed E-state index contributed by atoms with van der Waals surface area (Å²) in [5, 5.41) is 14.1. The zero-order valence-electron chi connectivity index (χ0n) is 13.4. The van der Waals surface area contributed by atoms with E-state index < -0.39 is 0 Å². The largest absolute Gasteiger partial charge is 0.350 e. The van der Waals surface area contributed by atoms with Gasteiger partial charge in [0.05, 0.1) is 12.7 Å². The van der Waals surface area contributed by atoms with Gasteiger partial charge in [0.2, 0.25) is 5.91 Å². The molecular formula is C14H29N5O. The van der Waals surface area contributed by atoms with Gasteiger partial charge in [0, 0.05) is 12.5 Å². The molecule has 0 aliphatic heterocycles. The lowest BCUT2D eigenvalue weighted by atomic mass is 10.2. The van der Waals surface area contributed by atoms with Gasteiger partial charge >= 0.3 is 0 Å². The third-order valence-corrected chi connectivity index (χ3v) is 2.54. The zero-order valence-corrected chi connectivity index (χ0v) is 13.4. The zero-order chi connectivity index (χ0) is 15.4. The molecule has 0 aromatic carbocycles. The topological polar surface area (TPSA) is 71.8 Å². The number of nitrogens with zero attached hydrogens (tertiary/aromatic N) is 3. The Labute approximate surface area is 122 Å². The summed E-state index contributed by atoms with van der Waals surface area (Å²) in [4.78, 5) is 11.4. The van der Waals surface area contributed by atoms with Crippen molar-refractivity contribution in [3.63, 3.8) is 0 Å². The van der Waals surface area contributed by atoms with Gasteiger partial charge in [-0.2, -0.15) is 0 Å². The van der Waals surface area contributed by atoms with E-state index in [9.17, 15) is 4.79 Å². The Hall–Kier alpha value is -1.43. The van der Waals surface area contributed by atoms with Crippen molar-refractivity contribution >= 4 is 5.91 Å². The Morgan fingerprint density at radius 2 is 2.10 bits per heavy atom. The highest BCUT2D eigenvalue weighted by Crippen LogP contribution is 1.96. The molecule has 6 nitrogen and oxygen atoms in total. The van der Waals surface area contributed by atoms with Crippen LogP contribution in [0.25, 0.3) is 0 Å². The molecule has 1 heterocycles. The summed E-state index contributed by atoms with van der Waals surface area (Å²) in [6.45, 7) is 13.1. The molecule has 0 radical (unpaired) electrons. The second-order valence-electron chi connectivity index (χ2n) is 4.55. The predicted octanol–water partition coefficient (Wildman–Crippen LogP) is 1.58. The molecule has 1 aromatic heterocycles. The van der Waals surface area contributed by atoms with Crippen LogP contribution in [0.4, 0.5) is 0 Å². The number of hydrogen-bond acceptors (Lipinski definition) is 4. The van der Waals surface area contributed by atoms with E-state index in [2.05, 4.69) is 27.9 Å². The molecule has 0 bridgehead atoms. The molecule has 1 amide bonds. The summed E-state index contributed by atoms with van der Waals surface area (Å²) >= 11 is 0. The van der Waals surface area contributed by atoms with Crippen molar-refractivity contribution in [2.24, 2.45) is 5.92 Å². The van der Waals surface area contributed by atoms with Crippen LogP contribution < -0.4 is 10.6 Å². The number of amides is 1. The van der Waals surface area contributed by atoms with E-state index in [-0.39, 0.29) is 11.8 Å². The SMILES string of the molecule is CC.CCNCCCn1cc(CNC(=O)C(C)C)nn1. The molecule has 0 spiro atoms. The van der Waals surface area contributed by atoms with E-state index in [1.165, 1.54) is 0 Å². The van der Waals surface area contributed by atoms with E-state index in [1.807, 2.05) is 38.6 Å². The molecule has 116 valence electrons. The van der Waals surface area contributed by atoms with Crippen LogP contribution in [0.3, 0.4) is 0 Å². The van der Waals surface area contributed by atoms with Crippen molar-refractivity contribution < 1.29 is 4.79 Å². The maximum atomic E-state index is 11.4. The van der Waals surface area contributed by atoms with E-state index in [0.29, 0.717) is 6.54 Å². The van der Waals surface area contributed by atoms with Crippen LogP contribution in [0, 0.1) is 5.92 Å². The smallest absolute Gasteiger partial charge is 0.222 e. The molecule has 2 N–H and O–H groups in total.